The third-order valence-corrected chi connectivity index (χ3v) is 3.37. The molecule has 0 aliphatic rings. The highest BCUT2D eigenvalue weighted by Crippen LogP contribution is 2.27. The number of nitrogen functional groups attached to an aromatic ring is 1. The minimum absolute atomic E-state index is 0.229. The summed E-state index contributed by atoms with van der Waals surface area (Å²) < 4.78 is 0. The Bertz CT molecular complexity index is 468. The van der Waals surface area contributed by atoms with E-state index in [9.17, 15) is 0 Å². The van der Waals surface area contributed by atoms with E-state index in [0.717, 1.165) is 5.69 Å². The monoisotopic (exact) mass is 252 g/mol. The van der Waals surface area contributed by atoms with Gasteiger partial charge in [0.15, 0.2) is 0 Å². The maximum Gasteiger partial charge on any atom is 0.0593 e. The fraction of sp³-hybridized carbons (Fsp3) is 0.167. The maximum atomic E-state index is 5.93. The van der Waals surface area contributed by atoms with Gasteiger partial charge in [-0.3, -0.25) is 0 Å². The minimum Gasteiger partial charge on any atom is -0.397 e. The van der Waals surface area contributed by atoms with Gasteiger partial charge in [0.2, 0.25) is 0 Å². The van der Waals surface area contributed by atoms with Crippen LogP contribution >= 0.6 is 22.9 Å². The summed E-state index contributed by atoms with van der Waals surface area (Å²) in [6.07, 6.45) is 0. The van der Waals surface area contributed by atoms with Gasteiger partial charge in [0.25, 0.3) is 0 Å². The summed E-state index contributed by atoms with van der Waals surface area (Å²) in [4.78, 5) is 0. The summed E-state index contributed by atoms with van der Waals surface area (Å²) in [5.74, 6) is 0. The first kappa shape index (κ1) is 11.3. The van der Waals surface area contributed by atoms with Crippen molar-refractivity contribution in [3.63, 3.8) is 0 Å². The van der Waals surface area contributed by atoms with Crippen molar-refractivity contribution in [3.05, 3.63) is 45.6 Å². The zero-order chi connectivity index (χ0) is 11.5. The highest BCUT2D eigenvalue weighted by Gasteiger charge is 2.07. The van der Waals surface area contributed by atoms with Crippen LogP contribution in [0.1, 0.15) is 18.5 Å². The molecule has 0 fully saturated rings. The summed E-state index contributed by atoms with van der Waals surface area (Å²) in [5.41, 5.74) is 8.72. The number of benzene rings is 1. The first-order valence-electron chi connectivity index (χ1n) is 5.00. The van der Waals surface area contributed by atoms with Crippen LogP contribution in [0.3, 0.4) is 0 Å². The van der Waals surface area contributed by atoms with E-state index in [2.05, 4.69) is 29.1 Å². The molecule has 2 nitrogen and oxygen atoms in total. The van der Waals surface area contributed by atoms with Crippen molar-refractivity contribution in [2.75, 3.05) is 11.1 Å². The summed E-state index contributed by atoms with van der Waals surface area (Å²) >= 11 is 7.62. The Labute approximate surface area is 104 Å². The number of thiophene rings is 1. The first-order chi connectivity index (χ1) is 7.66. The third kappa shape index (κ3) is 2.49. The second kappa shape index (κ2) is 4.76. The Kier molecular flexibility index (Phi) is 3.36. The topological polar surface area (TPSA) is 38.0 Å². The van der Waals surface area contributed by atoms with Crippen LogP contribution in [0, 0.1) is 0 Å². The zero-order valence-electron chi connectivity index (χ0n) is 8.91. The van der Waals surface area contributed by atoms with Crippen molar-refractivity contribution >= 4 is 34.3 Å². The molecule has 0 aliphatic heterocycles. The molecule has 1 atom stereocenters. The quantitative estimate of drug-likeness (QED) is 0.805. The van der Waals surface area contributed by atoms with Crippen LogP contribution in [0.2, 0.25) is 5.02 Å². The molecule has 0 amide bonds. The second-order valence-corrected chi connectivity index (χ2v) is 4.87. The molecule has 0 spiro atoms. The fourth-order valence-corrected chi connectivity index (χ4v) is 2.42. The van der Waals surface area contributed by atoms with Crippen LogP contribution in [0.4, 0.5) is 11.4 Å². The second-order valence-electron chi connectivity index (χ2n) is 3.65. The Hall–Kier alpha value is -1.19. The highest BCUT2D eigenvalue weighted by molar-refractivity contribution is 7.07. The molecule has 1 unspecified atom stereocenters. The molecule has 0 aliphatic carbocycles. The molecule has 0 bridgehead atoms. The van der Waals surface area contributed by atoms with Crippen molar-refractivity contribution in [1.29, 1.82) is 0 Å². The van der Waals surface area contributed by atoms with Gasteiger partial charge in [-0.1, -0.05) is 11.6 Å². The third-order valence-electron chi connectivity index (χ3n) is 2.43. The molecular formula is C12H13ClN2S. The molecular weight excluding hydrogens is 240 g/mol. The van der Waals surface area contributed by atoms with Crippen LogP contribution in [0.15, 0.2) is 35.0 Å². The molecule has 4 heteroatoms. The van der Waals surface area contributed by atoms with Crippen molar-refractivity contribution in [1.82, 2.24) is 0 Å². The Balaban J connectivity index is 2.17. The molecule has 2 aromatic rings. The predicted molar refractivity (Wildman–Crippen MR) is 72.2 cm³/mol. The molecule has 16 heavy (non-hydrogen) atoms. The molecule has 3 N–H and O–H groups in total. The Morgan fingerprint density at radius 3 is 2.88 bits per heavy atom. The van der Waals surface area contributed by atoms with E-state index >= 15 is 0 Å². The maximum absolute atomic E-state index is 5.93. The van der Waals surface area contributed by atoms with Crippen LogP contribution in [-0.4, -0.2) is 0 Å². The van der Waals surface area contributed by atoms with E-state index in [1.807, 2.05) is 12.1 Å². The van der Waals surface area contributed by atoms with Crippen molar-refractivity contribution in [2.45, 2.75) is 13.0 Å². The smallest absolute Gasteiger partial charge is 0.0593 e. The lowest BCUT2D eigenvalue weighted by molar-refractivity contribution is 0.891. The predicted octanol–water partition coefficient (Wildman–Crippen LogP) is 4.16. The average Bonchev–Trinajstić information content (AvgIpc) is 2.76. The summed E-state index contributed by atoms with van der Waals surface area (Å²) in [6, 6.07) is 7.78. The van der Waals surface area contributed by atoms with Gasteiger partial charge in [-0.15, -0.1) is 0 Å². The highest BCUT2D eigenvalue weighted by atomic mass is 35.5. The number of nitrogens with one attached hydrogen (secondary N) is 1. The largest absolute Gasteiger partial charge is 0.397 e. The van der Waals surface area contributed by atoms with Gasteiger partial charge in [0.1, 0.15) is 0 Å². The van der Waals surface area contributed by atoms with E-state index < -0.39 is 0 Å². The number of halogens is 1. The van der Waals surface area contributed by atoms with Gasteiger partial charge >= 0.3 is 0 Å². The standard InChI is InChI=1S/C12H13ClN2S/c1-8(9-4-5-16-7-9)15-12-6-10(13)2-3-11(12)14/h2-8,15H,14H2,1H3. The molecule has 0 saturated heterocycles. The van der Waals surface area contributed by atoms with E-state index in [1.165, 1.54) is 5.56 Å². The molecule has 1 aromatic carbocycles. The van der Waals surface area contributed by atoms with Gasteiger partial charge in [0, 0.05) is 11.1 Å². The number of nitrogens with two attached hydrogens (primary N) is 1. The van der Waals surface area contributed by atoms with E-state index in [1.54, 1.807) is 17.4 Å². The van der Waals surface area contributed by atoms with E-state index in [0.29, 0.717) is 10.7 Å². The molecule has 1 heterocycles. The minimum atomic E-state index is 0.229. The van der Waals surface area contributed by atoms with Crippen molar-refractivity contribution in [2.24, 2.45) is 0 Å². The molecule has 1 aromatic heterocycles. The Morgan fingerprint density at radius 2 is 2.19 bits per heavy atom. The van der Waals surface area contributed by atoms with Gasteiger partial charge < -0.3 is 11.1 Å². The van der Waals surface area contributed by atoms with Gasteiger partial charge in [-0.2, -0.15) is 11.3 Å². The molecule has 84 valence electrons. The SMILES string of the molecule is CC(Nc1cc(Cl)ccc1N)c1ccsc1. The molecule has 0 saturated carbocycles. The lowest BCUT2D eigenvalue weighted by Gasteiger charge is -2.16. The Morgan fingerprint density at radius 1 is 1.38 bits per heavy atom. The fourth-order valence-electron chi connectivity index (χ4n) is 1.49. The van der Waals surface area contributed by atoms with Gasteiger partial charge in [-0.25, -0.2) is 0 Å². The molecule has 2 rings (SSSR count). The van der Waals surface area contributed by atoms with Gasteiger partial charge in [-0.05, 0) is 47.5 Å². The normalized spacial score (nSPS) is 12.4. The lowest BCUT2D eigenvalue weighted by atomic mass is 10.1. The first-order valence-corrected chi connectivity index (χ1v) is 6.32. The van der Waals surface area contributed by atoms with E-state index in [4.69, 9.17) is 17.3 Å². The summed E-state index contributed by atoms with van der Waals surface area (Å²) in [6.45, 7) is 2.10. The van der Waals surface area contributed by atoms with Crippen LogP contribution in [-0.2, 0) is 0 Å². The van der Waals surface area contributed by atoms with Crippen LogP contribution in [0.25, 0.3) is 0 Å². The zero-order valence-corrected chi connectivity index (χ0v) is 10.5. The average molecular weight is 253 g/mol. The number of rotatable bonds is 3. The van der Waals surface area contributed by atoms with E-state index in [-0.39, 0.29) is 6.04 Å². The molecule has 0 radical (unpaired) electrons. The van der Waals surface area contributed by atoms with Crippen LogP contribution in [0.5, 0.6) is 0 Å². The van der Waals surface area contributed by atoms with Crippen molar-refractivity contribution in [3.8, 4) is 0 Å². The lowest BCUT2D eigenvalue weighted by Crippen LogP contribution is -2.07. The van der Waals surface area contributed by atoms with Crippen LogP contribution < -0.4 is 11.1 Å². The number of hydrogen-bond donors (Lipinski definition) is 2. The summed E-state index contributed by atoms with van der Waals surface area (Å²) in [5, 5.41) is 8.23. The number of hydrogen-bond acceptors (Lipinski definition) is 3. The number of anilines is 2. The van der Waals surface area contributed by atoms with Crippen molar-refractivity contribution < 1.29 is 0 Å². The summed E-state index contributed by atoms with van der Waals surface area (Å²) in [7, 11) is 0. The van der Waals surface area contributed by atoms with Gasteiger partial charge in [0.05, 0.1) is 11.4 Å².